The Bertz CT molecular complexity index is 522. The molecule has 0 atom stereocenters. The molecule has 0 spiro atoms. The van der Waals surface area contributed by atoms with E-state index < -0.39 is 10.0 Å². The van der Waals surface area contributed by atoms with Gasteiger partial charge in [-0.1, -0.05) is 17.7 Å². The van der Waals surface area contributed by atoms with Crippen LogP contribution in [0.3, 0.4) is 0 Å². The molecule has 3 nitrogen and oxygen atoms in total. The Morgan fingerprint density at radius 1 is 1.12 bits per heavy atom. The molecule has 0 unspecified atom stereocenters. The van der Waals surface area contributed by atoms with Crippen LogP contribution in [0.15, 0.2) is 17.0 Å². The van der Waals surface area contributed by atoms with Gasteiger partial charge in [-0.25, -0.2) is 8.42 Å². The molecule has 1 fully saturated rings. The fraction of sp³-hybridized carbons (Fsp3) is 0.538. The minimum Gasteiger partial charge on any atom is -0.207 e. The van der Waals surface area contributed by atoms with Gasteiger partial charge in [-0.2, -0.15) is 4.31 Å². The summed E-state index contributed by atoms with van der Waals surface area (Å²) in [6.07, 6.45) is 1.97. The minimum atomic E-state index is -3.32. The number of nitrogens with zero attached hydrogens (tertiary/aromatic N) is 1. The molecule has 0 N–H and O–H groups in total. The summed E-state index contributed by atoms with van der Waals surface area (Å²) in [6, 6.07) is 4.07. The van der Waals surface area contributed by atoms with Crippen LogP contribution < -0.4 is 0 Å². The largest absolute Gasteiger partial charge is 0.243 e. The molecular weight excluding hydrogens is 234 g/mol. The highest BCUT2D eigenvalue weighted by atomic mass is 32.2. The summed E-state index contributed by atoms with van der Waals surface area (Å²) in [5.41, 5.74) is 2.79. The van der Waals surface area contributed by atoms with E-state index in [2.05, 4.69) is 0 Å². The SMILES string of the molecule is Cc1cc(C)c(S(=O)(=O)N(C)C2CC2)c(C)c1. The fourth-order valence-corrected chi connectivity index (χ4v) is 4.17. The molecule has 0 bridgehead atoms. The van der Waals surface area contributed by atoms with E-state index in [0.29, 0.717) is 4.90 Å². The van der Waals surface area contributed by atoms with Crippen LogP contribution in [-0.4, -0.2) is 25.8 Å². The van der Waals surface area contributed by atoms with Crippen molar-refractivity contribution < 1.29 is 8.42 Å². The molecule has 1 aliphatic carbocycles. The van der Waals surface area contributed by atoms with Crippen LogP contribution in [0.4, 0.5) is 0 Å². The smallest absolute Gasteiger partial charge is 0.207 e. The van der Waals surface area contributed by atoms with Crippen LogP contribution in [-0.2, 0) is 10.0 Å². The normalized spacial score (nSPS) is 16.5. The van der Waals surface area contributed by atoms with Crippen molar-refractivity contribution in [3.05, 3.63) is 28.8 Å². The molecule has 0 heterocycles. The average molecular weight is 253 g/mol. The molecule has 17 heavy (non-hydrogen) atoms. The average Bonchev–Trinajstić information content (AvgIpc) is 2.96. The summed E-state index contributed by atoms with van der Waals surface area (Å²) in [5.74, 6) is 0. The van der Waals surface area contributed by atoms with E-state index in [9.17, 15) is 8.42 Å². The Morgan fingerprint density at radius 3 is 2.00 bits per heavy atom. The van der Waals surface area contributed by atoms with Crippen molar-refractivity contribution in [2.45, 2.75) is 44.6 Å². The van der Waals surface area contributed by atoms with Crippen molar-refractivity contribution >= 4 is 10.0 Å². The Labute approximate surface area is 104 Å². The van der Waals surface area contributed by atoms with Crippen molar-refractivity contribution in [1.82, 2.24) is 4.31 Å². The predicted molar refractivity (Wildman–Crippen MR) is 68.6 cm³/mol. The lowest BCUT2D eigenvalue weighted by atomic mass is 10.1. The quantitative estimate of drug-likeness (QED) is 0.829. The summed E-state index contributed by atoms with van der Waals surface area (Å²) in [7, 11) is -1.63. The van der Waals surface area contributed by atoms with E-state index >= 15 is 0 Å². The van der Waals surface area contributed by atoms with Crippen molar-refractivity contribution in [3.63, 3.8) is 0 Å². The maximum absolute atomic E-state index is 12.5. The highest BCUT2D eigenvalue weighted by Gasteiger charge is 2.36. The van der Waals surface area contributed by atoms with E-state index in [1.54, 1.807) is 7.05 Å². The maximum Gasteiger partial charge on any atom is 0.243 e. The molecule has 0 amide bonds. The van der Waals surface area contributed by atoms with E-state index in [4.69, 9.17) is 0 Å². The Hall–Kier alpha value is -0.870. The molecule has 94 valence electrons. The fourth-order valence-electron chi connectivity index (χ4n) is 2.35. The molecule has 0 saturated heterocycles. The summed E-state index contributed by atoms with van der Waals surface area (Å²) < 4.78 is 26.5. The number of hydrogen-bond donors (Lipinski definition) is 0. The van der Waals surface area contributed by atoms with E-state index in [1.807, 2.05) is 32.9 Å². The van der Waals surface area contributed by atoms with Gasteiger partial charge in [0.2, 0.25) is 10.0 Å². The molecule has 1 saturated carbocycles. The monoisotopic (exact) mass is 253 g/mol. The highest BCUT2D eigenvalue weighted by molar-refractivity contribution is 7.89. The van der Waals surface area contributed by atoms with Gasteiger partial charge in [0.25, 0.3) is 0 Å². The molecule has 0 radical (unpaired) electrons. The van der Waals surface area contributed by atoms with Gasteiger partial charge in [0, 0.05) is 13.1 Å². The first kappa shape index (κ1) is 12.6. The van der Waals surface area contributed by atoms with E-state index in [1.165, 1.54) is 4.31 Å². The van der Waals surface area contributed by atoms with Gasteiger partial charge >= 0.3 is 0 Å². The third kappa shape index (κ3) is 2.24. The highest BCUT2D eigenvalue weighted by Crippen LogP contribution is 2.32. The second-order valence-corrected chi connectivity index (χ2v) is 6.91. The van der Waals surface area contributed by atoms with Gasteiger partial charge in [-0.05, 0) is 44.7 Å². The molecule has 2 rings (SSSR count). The van der Waals surface area contributed by atoms with Gasteiger partial charge in [-0.15, -0.1) is 0 Å². The summed E-state index contributed by atoms with van der Waals surface area (Å²) in [4.78, 5) is 0.484. The molecule has 1 aliphatic rings. The summed E-state index contributed by atoms with van der Waals surface area (Å²) in [6.45, 7) is 5.72. The lowest BCUT2D eigenvalue weighted by Crippen LogP contribution is -2.30. The zero-order valence-corrected chi connectivity index (χ0v) is 11.6. The van der Waals surface area contributed by atoms with Crippen LogP contribution in [0.1, 0.15) is 29.5 Å². The Kier molecular flexibility index (Phi) is 3.04. The first-order valence-electron chi connectivity index (χ1n) is 5.90. The first-order valence-corrected chi connectivity index (χ1v) is 7.34. The predicted octanol–water partition coefficient (Wildman–Crippen LogP) is 2.39. The van der Waals surface area contributed by atoms with Crippen molar-refractivity contribution in [2.75, 3.05) is 7.05 Å². The number of benzene rings is 1. The molecular formula is C13H19NO2S. The standard InChI is InChI=1S/C13H19NO2S/c1-9-7-10(2)13(11(3)8-9)17(15,16)14(4)12-5-6-12/h7-8,12H,5-6H2,1-4H3. The Morgan fingerprint density at radius 2 is 1.59 bits per heavy atom. The number of rotatable bonds is 3. The maximum atomic E-state index is 12.5. The van der Waals surface area contributed by atoms with Gasteiger partial charge in [0.05, 0.1) is 4.90 Å². The molecule has 0 aromatic heterocycles. The van der Waals surface area contributed by atoms with Crippen molar-refractivity contribution in [1.29, 1.82) is 0 Å². The van der Waals surface area contributed by atoms with Gasteiger partial charge in [0.1, 0.15) is 0 Å². The van der Waals surface area contributed by atoms with Crippen LogP contribution in [0.2, 0.25) is 0 Å². The zero-order chi connectivity index (χ0) is 12.8. The van der Waals surface area contributed by atoms with Crippen molar-refractivity contribution in [3.8, 4) is 0 Å². The van der Waals surface area contributed by atoms with Crippen LogP contribution in [0.25, 0.3) is 0 Å². The van der Waals surface area contributed by atoms with E-state index in [-0.39, 0.29) is 6.04 Å². The lowest BCUT2D eigenvalue weighted by Gasteiger charge is -2.20. The second-order valence-electron chi connectivity index (χ2n) is 4.98. The molecule has 1 aromatic rings. The van der Waals surface area contributed by atoms with Gasteiger partial charge in [0.15, 0.2) is 0 Å². The first-order chi connectivity index (χ1) is 7.84. The van der Waals surface area contributed by atoms with Crippen LogP contribution >= 0.6 is 0 Å². The molecule has 4 heteroatoms. The topological polar surface area (TPSA) is 37.4 Å². The van der Waals surface area contributed by atoms with Gasteiger partial charge in [-0.3, -0.25) is 0 Å². The minimum absolute atomic E-state index is 0.208. The summed E-state index contributed by atoms with van der Waals surface area (Å²) >= 11 is 0. The third-order valence-electron chi connectivity index (χ3n) is 3.30. The Balaban J connectivity index is 2.53. The van der Waals surface area contributed by atoms with E-state index in [0.717, 1.165) is 29.5 Å². The second kappa shape index (κ2) is 4.10. The number of aryl methyl sites for hydroxylation is 3. The number of sulfonamides is 1. The van der Waals surface area contributed by atoms with Crippen LogP contribution in [0.5, 0.6) is 0 Å². The third-order valence-corrected chi connectivity index (χ3v) is 5.52. The molecule has 1 aromatic carbocycles. The van der Waals surface area contributed by atoms with Crippen molar-refractivity contribution in [2.24, 2.45) is 0 Å². The zero-order valence-electron chi connectivity index (χ0n) is 10.8. The molecule has 0 aliphatic heterocycles. The number of hydrogen-bond acceptors (Lipinski definition) is 2. The van der Waals surface area contributed by atoms with Crippen LogP contribution in [0, 0.1) is 20.8 Å². The summed E-state index contributed by atoms with van der Waals surface area (Å²) in [5, 5.41) is 0. The van der Waals surface area contributed by atoms with Gasteiger partial charge < -0.3 is 0 Å². The lowest BCUT2D eigenvalue weighted by molar-refractivity contribution is 0.463.